The van der Waals surface area contributed by atoms with Crippen LogP contribution in [0.4, 0.5) is 0 Å². The van der Waals surface area contributed by atoms with Crippen LogP contribution in [-0.2, 0) is 40.7 Å². The Morgan fingerprint density at radius 1 is 1.15 bits per heavy atom. The maximum absolute atomic E-state index is 12.8. The number of esters is 2. The first-order valence-corrected chi connectivity index (χ1v) is 12.2. The highest BCUT2D eigenvalue weighted by molar-refractivity contribution is 6.35. The van der Waals surface area contributed by atoms with Gasteiger partial charge in [-0.05, 0) is 44.7 Å². The van der Waals surface area contributed by atoms with E-state index in [-0.39, 0.29) is 12.6 Å². The van der Waals surface area contributed by atoms with Crippen molar-refractivity contribution in [3.63, 3.8) is 0 Å². The summed E-state index contributed by atoms with van der Waals surface area (Å²) >= 11 is 6.78. The number of hydrogen-bond acceptors (Lipinski definition) is 5. The number of carbonyl (C=O) groups is 2. The van der Waals surface area contributed by atoms with Crippen LogP contribution in [0.3, 0.4) is 0 Å². The summed E-state index contributed by atoms with van der Waals surface area (Å²) in [5.74, 6) is -0.731. The number of ether oxygens (including phenoxy) is 2. The summed E-state index contributed by atoms with van der Waals surface area (Å²) in [6, 6.07) is 3.82. The molecule has 0 aliphatic carbocycles. The second-order valence-corrected chi connectivity index (χ2v) is 8.12. The normalized spacial score (nSPS) is 10.7. The number of rotatable bonds is 8. The first-order valence-electron chi connectivity index (χ1n) is 11.8. The van der Waals surface area contributed by atoms with Gasteiger partial charge in [0.05, 0.1) is 29.9 Å². The molecule has 0 radical (unpaired) electrons. The van der Waals surface area contributed by atoms with Crippen molar-refractivity contribution in [1.29, 1.82) is 0 Å². The largest absolute Gasteiger partial charge is 0.466 e. The number of nitrogens with zero attached hydrogens (tertiary/aromatic N) is 3. The molecule has 0 amide bonds. The van der Waals surface area contributed by atoms with Gasteiger partial charge in [-0.25, -0.2) is 4.79 Å². The van der Waals surface area contributed by atoms with Gasteiger partial charge in [0.1, 0.15) is 5.69 Å². The van der Waals surface area contributed by atoms with Gasteiger partial charge >= 0.3 is 11.9 Å². The van der Waals surface area contributed by atoms with Crippen LogP contribution >= 0.6 is 11.6 Å². The fraction of sp³-hybridized carbons (Fsp3) is 0.500. The number of aryl methyl sites for hydroxylation is 4. The molecule has 3 aromatic rings. The van der Waals surface area contributed by atoms with E-state index in [1.807, 2.05) is 49.2 Å². The van der Waals surface area contributed by atoms with Crippen LogP contribution in [0.25, 0.3) is 22.0 Å². The minimum Gasteiger partial charge on any atom is -0.466 e. The van der Waals surface area contributed by atoms with E-state index >= 15 is 0 Å². The molecule has 8 heteroatoms. The highest BCUT2D eigenvalue weighted by atomic mass is 35.5. The number of hydrogen-bond donors (Lipinski definition) is 0. The van der Waals surface area contributed by atoms with E-state index in [9.17, 15) is 9.59 Å². The van der Waals surface area contributed by atoms with Crippen LogP contribution in [0.2, 0.25) is 5.02 Å². The van der Waals surface area contributed by atoms with Crippen LogP contribution in [0, 0.1) is 6.92 Å². The predicted molar refractivity (Wildman–Crippen MR) is 137 cm³/mol. The number of methoxy groups -OCH3 is 1. The standard InChI is InChI=1S/C24H30ClN3O4.C2H6/c1-7-19-20(14(3)26-28(19)8-2)21-18(25)12-11-17-16(10-9-13-32-15(4)29)23(24(30)31-6)27(5)22(17)21;1-2/h11-12H,7-10,13H2,1-6H3;1-2H3. The Labute approximate surface area is 207 Å². The summed E-state index contributed by atoms with van der Waals surface area (Å²) in [5, 5.41) is 6.26. The van der Waals surface area contributed by atoms with Gasteiger partial charge in [0.25, 0.3) is 0 Å². The smallest absolute Gasteiger partial charge is 0.354 e. The van der Waals surface area contributed by atoms with Gasteiger partial charge in [-0.2, -0.15) is 5.10 Å². The second kappa shape index (κ2) is 12.1. The van der Waals surface area contributed by atoms with E-state index in [1.54, 1.807) is 0 Å². The summed E-state index contributed by atoms with van der Waals surface area (Å²) in [6.07, 6.45) is 1.96. The van der Waals surface area contributed by atoms with Gasteiger partial charge in [-0.15, -0.1) is 0 Å². The Hall–Kier alpha value is -2.80. The van der Waals surface area contributed by atoms with Crippen molar-refractivity contribution in [3.05, 3.63) is 39.8 Å². The maximum Gasteiger partial charge on any atom is 0.354 e. The van der Waals surface area contributed by atoms with Crippen LogP contribution < -0.4 is 0 Å². The molecule has 0 aliphatic rings. The first kappa shape index (κ1) is 27.4. The zero-order valence-corrected chi connectivity index (χ0v) is 22.3. The molecule has 0 N–H and O–H groups in total. The van der Waals surface area contributed by atoms with Crippen molar-refractivity contribution in [2.75, 3.05) is 13.7 Å². The zero-order valence-electron chi connectivity index (χ0n) is 21.5. The Bertz CT molecular complexity index is 1180. The van der Waals surface area contributed by atoms with E-state index in [1.165, 1.54) is 14.0 Å². The zero-order chi connectivity index (χ0) is 25.6. The predicted octanol–water partition coefficient (Wildman–Crippen LogP) is 5.89. The van der Waals surface area contributed by atoms with Crippen LogP contribution in [0.5, 0.6) is 0 Å². The highest BCUT2D eigenvalue weighted by Crippen LogP contribution is 2.42. The van der Waals surface area contributed by atoms with E-state index < -0.39 is 5.97 Å². The summed E-state index contributed by atoms with van der Waals surface area (Å²) in [7, 11) is 3.23. The molecule has 7 nitrogen and oxygen atoms in total. The third-order valence-corrected chi connectivity index (χ3v) is 6.10. The molecular formula is C26H36ClN3O4. The lowest BCUT2D eigenvalue weighted by molar-refractivity contribution is -0.141. The molecule has 0 spiro atoms. The average Bonchev–Trinajstić information content (AvgIpc) is 3.30. The van der Waals surface area contributed by atoms with E-state index in [4.69, 9.17) is 26.2 Å². The lowest BCUT2D eigenvalue weighted by Gasteiger charge is -2.12. The van der Waals surface area contributed by atoms with Gasteiger partial charge in [0, 0.05) is 42.7 Å². The number of benzene rings is 1. The Balaban J connectivity index is 0.00000199. The molecule has 0 saturated carbocycles. The number of carbonyl (C=O) groups excluding carboxylic acids is 2. The van der Waals surface area contributed by atoms with Crippen molar-refractivity contribution in [2.24, 2.45) is 7.05 Å². The molecule has 0 bridgehead atoms. The Morgan fingerprint density at radius 3 is 2.38 bits per heavy atom. The molecule has 3 rings (SSSR count). The van der Waals surface area contributed by atoms with Gasteiger partial charge in [0.2, 0.25) is 0 Å². The molecule has 0 atom stereocenters. The van der Waals surface area contributed by atoms with E-state index in [2.05, 4.69) is 13.8 Å². The molecule has 0 saturated heterocycles. The van der Waals surface area contributed by atoms with Crippen LogP contribution in [0.15, 0.2) is 12.1 Å². The SMILES string of the molecule is CC.CCc1c(-c2c(Cl)ccc3c(CCCOC(C)=O)c(C(=O)OC)n(C)c23)c(C)nn1CC. The van der Waals surface area contributed by atoms with Crippen molar-refractivity contribution in [3.8, 4) is 11.1 Å². The average molecular weight is 490 g/mol. The molecule has 0 aliphatic heterocycles. The number of fused-ring (bicyclic) bond motifs is 1. The van der Waals surface area contributed by atoms with Gasteiger partial charge < -0.3 is 14.0 Å². The van der Waals surface area contributed by atoms with E-state index in [0.29, 0.717) is 23.6 Å². The minimum atomic E-state index is -0.412. The monoisotopic (exact) mass is 489 g/mol. The third-order valence-electron chi connectivity index (χ3n) is 5.78. The van der Waals surface area contributed by atoms with Crippen molar-refractivity contribution in [1.82, 2.24) is 14.3 Å². The lowest BCUT2D eigenvalue weighted by atomic mass is 9.97. The lowest BCUT2D eigenvalue weighted by Crippen LogP contribution is -2.11. The van der Waals surface area contributed by atoms with Gasteiger partial charge in [-0.3, -0.25) is 9.48 Å². The molecule has 1 aromatic carbocycles. The summed E-state index contributed by atoms with van der Waals surface area (Å²) in [6.45, 7) is 12.6. The summed E-state index contributed by atoms with van der Waals surface area (Å²) in [5.41, 5.74) is 6.09. The van der Waals surface area contributed by atoms with Gasteiger partial charge in [0.15, 0.2) is 0 Å². The van der Waals surface area contributed by atoms with Crippen molar-refractivity contribution >= 4 is 34.4 Å². The molecule has 34 heavy (non-hydrogen) atoms. The summed E-state index contributed by atoms with van der Waals surface area (Å²) < 4.78 is 14.1. The fourth-order valence-electron chi connectivity index (χ4n) is 4.49. The molecule has 0 unspecified atom stereocenters. The quantitative estimate of drug-likeness (QED) is 0.291. The van der Waals surface area contributed by atoms with Crippen LogP contribution in [0.1, 0.15) is 68.5 Å². The minimum absolute atomic E-state index is 0.287. The molecular weight excluding hydrogens is 454 g/mol. The Morgan fingerprint density at radius 2 is 1.82 bits per heavy atom. The van der Waals surface area contributed by atoms with Crippen molar-refractivity contribution in [2.45, 2.75) is 67.3 Å². The first-order chi connectivity index (χ1) is 16.3. The Kier molecular flexibility index (Phi) is 9.74. The molecule has 2 aromatic heterocycles. The third kappa shape index (κ3) is 5.14. The molecule has 2 heterocycles. The number of aromatic nitrogens is 3. The second-order valence-electron chi connectivity index (χ2n) is 7.72. The van der Waals surface area contributed by atoms with Crippen molar-refractivity contribution < 1.29 is 19.1 Å². The number of halogens is 1. The van der Waals surface area contributed by atoms with Crippen LogP contribution in [-0.4, -0.2) is 40.0 Å². The van der Waals surface area contributed by atoms with E-state index in [0.717, 1.165) is 51.9 Å². The highest BCUT2D eigenvalue weighted by Gasteiger charge is 2.27. The maximum atomic E-state index is 12.8. The molecule has 0 fully saturated rings. The topological polar surface area (TPSA) is 75.4 Å². The summed E-state index contributed by atoms with van der Waals surface area (Å²) in [4.78, 5) is 23.9. The molecule has 186 valence electrons. The van der Waals surface area contributed by atoms with Gasteiger partial charge in [-0.1, -0.05) is 38.4 Å². The fourth-order valence-corrected chi connectivity index (χ4v) is 4.74.